The van der Waals surface area contributed by atoms with Crippen LogP contribution >= 0.6 is 15.9 Å². The van der Waals surface area contributed by atoms with Crippen molar-refractivity contribution < 1.29 is 5.11 Å². The van der Waals surface area contributed by atoms with Gasteiger partial charge in [-0.05, 0) is 55.8 Å². The zero-order valence-electron chi connectivity index (χ0n) is 16.0. The Balaban J connectivity index is 1.49. The van der Waals surface area contributed by atoms with Crippen molar-refractivity contribution in [3.8, 4) is 0 Å². The Kier molecular flexibility index (Phi) is 5.81. The molecule has 0 saturated carbocycles. The van der Waals surface area contributed by atoms with E-state index in [2.05, 4.69) is 93.4 Å². The van der Waals surface area contributed by atoms with Gasteiger partial charge in [0.2, 0.25) is 0 Å². The van der Waals surface area contributed by atoms with Crippen LogP contribution < -0.4 is 5.32 Å². The van der Waals surface area contributed by atoms with Crippen molar-refractivity contribution >= 4 is 37.7 Å². The predicted octanol–water partition coefficient (Wildman–Crippen LogP) is 5.06. The first-order chi connectivity index (χ1) is 13.6. The Morgan fingerprint density at radius 1 is 0.964 bits per heavy atom. The van der Waals surface area contributed by atoms with Crippen LogP contribution in [0.25, 0.3) is 21.8 Å². The maximum Gasteiger partial charge on any atom is 0.0843 e. The summed E-state index contributed by atoms with van der Waals surface area (Å²) in [6, 6.07) is 23.3. The molecular formula is C24H25BrN2O. The highest BCUT2D eigenvalue weighted by Crippen LogP contribution is 2.32. The highest BCUT2D eigenvalue weighted by Gasteiger charge is 2.14. The van der Waals surface area contributed by atoms with E-state index in [1.807, 2.05) is 6.07 Å². The lowest BCUT2D eigenvalue weighted by atomic mass is 10.1. The maximum absolute atomic E-state index is 10.7. The van der Waals surface area contributed by atoms with E-state index in [4.69, 9.17) is 0 Å². The highest BCUT2D eigenvalue weighted by molar-refractivity contribution is 9.10. The van der Waals surface area contributed by atoms with E-state index in [0.717, 1.165) is 23.0 Å². The zero-order valence-corrected chi connectivity index (χ0v) is 17.6. The number of aliphatic hydroxyl groups excluding tert-OH is 1. The number of nitrogens with zero attached hydrogens (tertiary/aromatic N) is 1. The van der Waals surface area contributed by atoms with E-state index < -0.39 is 6.10 Å². The fourth-order valence-electron chi connectivity index (χ4n) is 3.81. The highest BCUT2D eigenvalue weighted by atomic mass is 79.9. The molecule has 144 valence electrons. The molecule has 4 heteroatoms. The van der Waals surface area contributed by atoms with Gasteiger partial charge < -0.3 is 15.0 Å². The van der Waals surface area contributed by atoms with Gasteiger partial charge in [-0.3, -0.25) is 0 Å². The van der Waals surface area contributed by atoms with Gasteiger partial charge in [-0.2, -0.15) is 0 Å². The van der Waals surface area contributed by atoms with Gasteiger partial charge in [-0.25, -0.2) is 0 Å². The summed E-state index contributed by atoms with van der Waals surface area (Å²) in [5.41, 5.74) is 4.89. The van der Waals surface area contributed by atoms with Gasteiger partial charge in [-0.15, -0.1) is 0 Å². The van der Waals surface area contributed by atoms with Crippen LogP contribution in [0.5, 0.6) is 0 Å². The molecule has 0 fully saturated rings. The van der Waals surface area contributed by atoms with Crippen molar-refractivity contribution in [2.75, 3.05) is 13.1 Å². The largest absolute Gasteiger partial charge is 0.390 e. The first kappa shape index (κ1) is 19.2. The Hall–Kier alpha value is -2.14. The Labute approximate surface area is 174 Å². The molecule has 0 amide bonds. The minimum atomic E-state index is -0.445. The molecule has 0 saturated heterocycles. The topological polar surface area (TPSA) is 37.2 Å². The first-order valence-electron chi connectivity index (χ1n) is 9.72. The van der Waals surface area contributed by atoms with E-state index in [1.165, 1.54) is 27.4 Å². The number of rotatable bonds is 7. The molecular weight excluding hydrogens is 412 g/mol. The quantitative estimate of drug-likeness (QED) is 0.397. The number of aliphatic hydroxyl groups is 1. The van der Waals surface area contributed by atoms with Crippen molar-refractivity contribution in [3.05, 3.63) is 82.3 Å². The fourth-order valence-corrected chi connectivity index (χ4v) is 4.17. The smallest absolute Gasteiger partial charge is 0.0843 e. The molecule has 1 aromatic heterocycles. The predicted molar refractivity (Wildman–Crippen MR) is 121 cm³/mol. The zero-order chi connectivity index (χ0) is 19.5. The molecule has 0 aliphatic rings. The lowest BCUT2D eigenvalue weighted by Gasteiger charge is -2.15. The molecule has 4 aromatic rings. The van der Waals surface area contributed by atoms with Gasteiger partial charge in [-0.1, -0.05) is 57.9 Å². The van der Waals surface area contributed by atoms with Gasteiger partial charge in [0.25, 0.3) is 0 Å². The summed E-state index contributed by atoms with van der Waals surface area (Å²) < 4.78 is 3.31. The number of hydrogen-bond donors (Lipinski definition) is 2. The van der Waals surface area contributed by atoms with Crippen molar-refractivity contribution in [3.63, 3.8) is 0 Å². The monoisotopic (exact) mass is 436 g/mol. The van der Waals surface area contributed by atoms with E-state index >= 15 is 0 Å². The minimum Gasteiger partial charge on any atom is -0.390 e. The van der Waals surface area contributed by atoms with Crippen LogP contribution in [0.15, 0.2) is 71.2 Å². The second kappa shape index (κ2) is 8.48. The molecule has 0 aliphatic carbocycles. The van der Waals surface area contributed by atoms with Crippen molar-refractivity contribution in [2.45, 2.75) is 26.0 Å². The summed E-state index contributed by atoms with van der Waals surface area (Å²) in [5, 5.41) is 16.5. The van der Waals surface area contributed by atoms with Crippen molar-refractivity contribution in [1.29, 1.82) is 0 Å². The van der Waals surface area contributed by atoms with Crippen LogP contribution in [0.1, 0.15) is 11.1 Å². The summed E-state index contributed by atoms with van der Waals surface area (Å²) in [6.07, 6.45) is 0.524. The van der Waals surface area contributed by atoms with Crippen LogP contribution in [0.2, 0.25) is 0 Å². The van der Waals surface area contributed by atoms with Gasteiger partial charge >= 0.3 is 0 Å². The summed E-state index contributed by atoms with van der Waals surface area (Å²) in [7, 11) is 0. The number of aromatic nitrogens is 1. The molecule has 4 rings (SSSR count). The molecule has 0 radical (unpaired) electrons. The lowest BCUT2D eigenvalue weighted by molar-refractivity contribution is 0.154. The molecule has 1 heterocycles. The molecule has 3 aromatic carbocycles. The van der Waals surface area contributed by atoms with E-state index in [9.17, 15) is 5.11 Å². The average molecular weight is 437 g/mol. The van der Waals surface area contributed by atoms with E-state index in [1.54, 1.807) is 0 Å². The second-order valence-corrected chi connectivity index (χ2v) is 8.30. The van der Waals surface area contributed by atoms with Gasteiger partial charge in [0.1, 0.15) is 0 Å². The third-order valence-electron chi connectivity index (χ3n) is 5.19. The number of benzene rings is 3. The SMILES string of the molecule is Cc1ccc2c(c1)c1cc(Br)ccc1n2CC(O)CNCCc1ccccc1. The molecule has 1 atom stereocenters. The molecule has 2 N–H and O–H groups in total. The second-order valence-electron chi connectivity index (χ2n) is 7.39. The van der Waals surface area contributed by atoms with Crippen LogP contribution in [0.3, 0.4) is 0 Å². The number of fused-ring (bicyclic) bond motifs is 3. The summed E-state index contributed by atoms with van der Waals surface area (Å²) >= 11 is 3.59. The average Bonchev–Trinajstić information content (AvgIpc) is 2.98. The molecule has 0 aliphatic heterocycles. The van der Waals surface area contributed by atoms with E-state index in [0.29, 0.717) is 13.1 Å². The fraction of sp³-hybridized carbons (Fsp3) is 0.250. The normalized spacial score (nSPS) is 12.7. The van der Waals surface area contributed by atoms with Crippen LogP contribution in [0, 0.1) is 6.92 Å². The number of aryl methyl sites for hydroxylation is 1. The Morgan fingerprint density at radius 2 is 1.68 bits per heavy atom. The van der Waals surface area contributed by atoms with Gasteiger partial charge in [0, 0.05) is 32.8 Å². The van der Waals surface area contributed by atoms with Crippen LogP contribution in [0.4, 0.5) is 0 Å². The first-order valence-corrected chi connectivity index (χ1v) is 10.5. The summed E-state index contributed by atoms with van der Waals surface area (Å²) in [4.78, 5) is 0. The lowest BCUT2D eigenvalue weighted by Crippen LogP contribution is -2.31. The maximum atomic E-state index is 10.7. The molecule has 0 spiro atoms. The van der Waals surface area contributed by atoms with Crippen LogP contribution in [-0.4, -0.2) is 28.9 Å². The number of hydrogen-bond acceptors (Lipinski definition) is 2. The molecule has 28 heavy (non-hydrogen) atoms. The molecule has 1 unspecified atom stereocenters. The minimum absolute atomic E-state index is 0.445. The standard InChI is InChI=1S/C24H25BrN2O/c1-17-7-9-23-21(13-17)22-14-19(25)8-10-24(22)27(23)16-20(28)15-26-12-11-18-5-3-2-4-6-18/h2-10,13-14,20,26,28H,11-12,15-16H2,1H3. The molecule has 0 bridgehead atoms. The third kappa shape index (κ3) is 4.14. The number of nitrogens with one attached hydrogen (secondary N) is 1. The van der Waals surface area contributed by atoms with Gasteiger partial charge in [0.05, 0.1) is 12.6 Å². The van der Waals surface area contributed by atoms with Crippen molar-refractivity contribution in [2.24, 2.45) is 0 Å². The number of halogens is 1. The van der Waals surface area contributed by atoms with Crippen LogP contribution in [-0.2, 0) is 13.0 Å². The third-order valence-corrected chi connectivity index (χ3v) is 5.68. The van der Waals surface area contributed by atoms with Crippen molar-refractivity contribution in [1.82, 2.24) is 9.88 Å². The summed E-state index contributed by atoms with van der Waals surface area (Å²) in [5.74, 6) is 0. The van der Waals surface area contributed by atoms with Gasteiger partial charge in [0.15, 0.2) is 0 Å². The van der Waals surface area contributed by atoms with E-state index in [-0.39, 0.29) is 0 Å². The molecule has 3 nitrogen and oxygen atoms in total. The summed E-state index contributed by atoms with van der Waals surface area (Å²) in [6.45, 7) is 4.13. The Bertz CT molecular complexity index is 1030. The Morgan fingerprint density at radius 3 is 2.46 bits per heavy atom.